The van der Waals surface area contributed by atoms with E-state index in [2.05, 4.69) is 31.3 Å². The first-order valence-corrected chi connectivity index (χ1v) is 12.0. The van der Waals surface area contributed by atoms with Crippen molar-refractivity contribution in [1.29, 1.82) is 0 Å². The molecule has 0 aliphatic heterocycles. The van der Waals surface area contributed by atoms with Gasteiger partial charge in [-0.05, 0) is 61.2 Å². The minimum atomic E-state index is -0.321. The van der Waals surface area contributed by atoms with Gasteiger partial charge < -0.3 is 14.8 Å². The van der Waals surface area contributed by atoms with Gasteiger partial charge in [-0.25, -0.2) is 4.79 Å². The van der Waals surface area contributed by atoms with Gasteiger partial charge in [0.15, 0.2) is 0 Å². The van der Waals surface area contributed by atoms with Crippen LogP contribution in [0.15, 0.2) is 48.5 Å². The van der Waals surface area contributed by atoms with E-state index in [9.17, 15) is 4.79 Å². The molecule has 1 N–H and O–H groups in total. The maximum Gasteiger partial charge on any atom is 0.338 e. The fourth-order valence-corrected chi connectivity index (χ4v) is 3.37. The van der Waals surface area contributed by atoms with E-state index in [1.54, 1.807) is 12.1 Å². The summed E-state index contributed by atoms with van der Waals surface area (Å²) in [6.45, 7) is 5.93. The van der Waals surface area contributed by atoms with Gasteiger partial charge in [0.1, 0.15) is 19.0 Å². The van der Waals surface area contributed by atoms with Gasteiger partial charge >= 0.3 is 5.97 Å². The fourth-order valence-electron chi connectivity index (χ4n) is 3.37. The molecule has 0 unspecified atom stereocenters. The highest BCUT2D eigenvalue weighted by Crippen LogP contribution is 2.15. The first kappa shape index (κ1) is 24.8. The monoisotopic (exact) mass is 425 g/mol. The zero-order chi connectivity index (χ0) is 22.2. The van der Waals surface area contributed by atoms with E-state index < -0.39 is 0 Å². The van der Waals surface area contributed by atoms with Crippen LogP contribution in [0.2, 0.25) is 0 Å². The van der Waals surface area contributed by atoms with Crippen LogP contribution in [-0.4, -0.2) is 25.7 Å². The molecule has 2 aromatic carbocycles. The number of nitrogens with one attached hydrogen (secondary N) is 1. The normalized spacial score (nSPS) is 10.6. The second kappa shape index (κ2) is 15.3. The molecule has 0 saturated carbocycles. The topological polar surface area (TPSA) is 47.6 Å². The zero-order valence-electron chi connectivity index (χ0n) is 19.3. The predicted octanol–water partition coefficient (Wildman–Crippen LogP) is 7.04. The zero-order valence-corrected chi connectivity index (χ0v) is 19.3. The Balaban J connectivity index is 1.60. The third kappa shape index (κ3) is 10.4. The third-order valence-electron chi connectivity index (χ3n) is 5.31. The van der Waals surface area contributed by atoms with Gasteiger partial charge in [0.25, 0.3) is 0 Å². The number of hydrogen-bond donors (Lipinski definition) is 1. The van der Waals surface area contributed by atoms with Crippen LogP contribution in [0.25, 0.3) is 0 Å². The molecule has 0 heterocycles. The number of anilines is 1. The lowest BCUT2D eigenvalue weighted by Crippen LogP contribution is -2.12. The molecular formula is C27H39NO3. The van der Waals surface area contributed by atoms with Crippen LogP contribution in [0.5, 0.6) is 5.75 Å². The number of benzene rings is 2. The van der Waals surface area contributed by atoms with Crippen molar-refractivity contribution in [3.05, 3.63) is 59.7 Å². The maximum absolute atomic E-state index is 12.2. The summed E-state index contributed by atoms with van der Waals surface area (Å²) in [4.78, 5) is 12.2. The third-order valence-corrected chi connectivity index (χ3v) is 5.31. The Hall–Kier alpha value is -2.49. The van der Waals surface area contributed by atoms with E-state index in [1.165, 1.54) is 44.1 Å². The molecule has 0 aliphatic rings. The summed E-state index contributed by atoms with van der Waals surface area (Å²) in [6, 6.07) is 15.7. The Bertz CT molecular complexity index is 725. The molecule has 0 amide bonds. The lowest BCUT2D eigenvalue weighted by Gasteiger charge is -2.09. The van der Waals surface area contributed by atoms with Crippen LogP contribution >= 0.6 is 0 Å². The Morgan fingerprint density at radius 2 is 1.45 bits per heavy atom. The summed E-state index contributed by atoms with van der Waals surface area (Å²) in [5.41, 5.74) is 2.93. The molecule has 4 nitrogen and oxygen atoms in total. The molecule has 0 atom stereocenters. The van der Waals surface area contributed by atoms with Crippen molar-refractivity contribution in [3.8, 4) is 5.75 Å². The van der Waals surface area contributed by atoms with E-state index in [-0.39, 0.29) is 12.6 Å². The van der Waals surface area contributed by atoms with Crippen LogP contribution in [-0.2, 0) is 11.2 Å². The van der Waals surface area contributed by atoms with Crippen molar-refractivity contribution in [2.24, 2.45) is 0 Å². The van der Waals surface area contributed by atoms with Crippen molar-refractivity contribution < 1.29 is 14.3 Å². The summed E-state index contributed by atoms with van der Waals surface area (Å²) in [5.74, 6) is 0.489. The van der Waals surface area contributed by atoms with Gasteiger partial charge in [0, 0.05) is 12.2 Å². The second-order valence-electron chi connectivity index (χ2n) is 8.00. The van der Waals surface area contributed by atoms with Gasteiger partial charge in [0.2, 0.25) is 0 Å². The maximum atomic E-state index is 12.2. The minimum absolute atomic E-state index is 0.231. The average Bonchev–Trinajstić information content (AvgIpc) is 2.80. The Kier molecular flexibility index (Phi) is 12.3. The van der Waals surface area contributed by atoms with Crippen molar-refractivity contribution >= 4 is 11.7 Å². The highest BCUT2D eigenvalue weighted by atomic mass is 16.6. The summed E-state index contributed by atoms with van der Waals surface area (Å²) in [6.07, 6.45) is 11.3. The van der Waals surface area contributed by atoms with E-state index in [0.717, 1.165) is 37.2 Å². The molecule has 0 fully saturated rings. The van der Waals surface area contributed by atoms with Crippen LogP contribution in [0.4, 0.5) is 5.69 Å². The Morgan fingerprint density at radius 3 is 2.16 bits per heavy atom. The highest BCUT2D eigenvalue weighted by molar-refractivity contribution is 5.89. The van der Waals surface area contributed by atoms with E-state index in [1.807, 2.05) is 24.3 Å². The quantitative estimate of drug-likeness (QED) is 0.231. The van der Waals surface area contributed by atoms with E-state index in [0.29, 0.717) is 12.2 Å². The van der Waals surface area contributed by atoms with Gasteiger partial charge in [-0.3, -0.25) is 0 Å². The number of rotatable bonds is 16. The van der Waals surface area contributed by atoms with Crippen molar-refractivity contribution in [2.75, 3.05) is 25.1 Å². The molecule has 0 bridgehead atoms. The van der Waals surface area contributed by atoms with Gasteiger partial charge in [-0.1, -0.05) is 64.5 Å². The summed E-state index contributed by atoms with van der Waals surface area (Å²) < 4.78 is 11.0. The summed E-state index contributed by atoms with van der Waals surface area (Å²) >= 11 is 0. The largest absolute Gasteiger partial charge is 0.490 e. The molecule has 0 aliphatic carbocycles. The fraction of sp³-hybridized carbons (Fsp3) is 0.519. The van der Waals surface area contributed by atoms with Crippen LogP contribution in [0.3, 0.4) is 0 Å². The van der Waals surface area contributed by atoms with Gasteiger partial charge in [-0.15, -0.1) is 0 Å². The second-order valence-corrected chi connectivity index (χ2v) is 8.00. The van der Waals surface area contributed by atoms with Crippen LogP contribution in [0.1, 0.15) is 81.1 Å². The summed E-state index contributed by atoms with van der Waals surface area (Å²) in [5, 5.41) is 3.34. The molecule has 2 rings (SSSR count). The number of ether oxygens (including phenoxy) is 2. The van der Waals surface area contributed by atoms with Crippen molar-refractivity contribution in [2.45, 2.75) is 71.6 Å². The number of esters is 1. The number of unbranched alkanes of at least 4 members (excludes halogenated alkanes) is 6. The lowest BCUT2D eigenvalue weighted by atomic mass is 10.0. The van der Waals surface area contributed by atoms with E-state index >= 15 is 0 Å². The number of hydrogen-bond acceptors (Lipinski definition) is 4. The SMILES string of the molecule is CCCCCCCCc1ccc(OCCOC(=O)c2ccc(NCCCC)cc2)cc1. The molecule has 4 heteroatoms. The highest BCUT2D eigenvalue weighted by Gasteiger charge is 2.07. The molecule has 0 radical (unpaired) electrons. The van der Waals surface area contributed by atoms with Crippen molar-refractivity contribution in [1.82, 2.24) is 0 Å². The van der Waals surface area contributed by atoms with E-state index in [4.69, 9.17) is 9.47 Å². The first-order valence-electron chi connectivity index (χ1n) is 12.0. The smallest absolute Gasteiger partial charge is 0.338 e. The molecule has 0 spiro atoms. The predicted molar refractivity (Wildman–Crippen MR) is 129 cm³/mol. The standard InChI is InChI=1S/C27H39NO3/c1-3-5-7-8-9-10-11-23-12-18-26(19-13-23)30-21-22-31-27(29)24-14-16-25(17-15-24)28-20-6-4-2/h12-19,28H,3-11,20-22H2,1-2H3. The first-order chi connectivity index (χ1) is 15.2. The average molecular weight is 426 g/mol. The molecular weight excluding hydrogens is 386 g/mol. The van der Waals surface area contributed by atoms with Crippen molar-refractivity contribution in [3.63, 3.8) is 0 Å². The Morgan fingerprint density at radius 1 is 0.774 bits per heavy atom. The minimum Gasteiger partial charge on any atom is -0.490 e. The number of carbonyl (C=O) groups is 1. The molecule has 0 saturated heterocycles. The molecule has 0 aromatic heterocycles. The number of aryl methyl sites for hydroxylation is 1. The van der Waals surface area contributed by atoms with Gasteiger partial charge in [-0.2, -0.15) is 0 Å². The van der Waals surface area contributed by atoms with Crippen LogP contribution in [0, 0.1) is 0 Å². The summed E-state index contributed by atoms with van der Waals surface area (Å²) in [7, 11) is 0. The molecule has 2 aromatic rings. The van der Waals surface area contributed by atoms with Crippen LogP contribution < -0.4 is 10.1 Å². The van der Waals surface area contributed by atoms with Gasteiger partial charge in [0.05, 0.1) is 5.56 Å². The number of carbonyl (C=O) groups excluding carboxylic acids is 1. The lowest BCUT2D eigenvalue weighted by molar-refractivity contribution is 0.0450. The molecule has 170 valence electrons. The Labute approximate surface area is 188 Å². The molecule has 31 heavy (non-hydrogen) atoms.